The van der Waals surface area contributed by atoms with E-state index in [-0.39, 0.29) is 12.2 Å². The van der Waals surface area contributed by atoms with Gasteiger partial charge in [0.05, 0.1) is 19.3 Å². The molecule has 0 saturated carbocycles. The van der Waals surface area contributed by atoms with Crippen LogP contribution in [0.2, 0.25) is 25.7 Å². The first-order valence-electron chi connectivity index (χ1n) is 12.0. The zero-order valence-corrected chi connectivity index (χ0v) is 23.0. The normalized spacial score (nSPS) is 15.4. The summed E-state index contributed by atoms with van der Waals surface area (Å²) in [5, 5.41) is 1.07. The number of ether oxygens (including phenoxy) is 3. The van der Waals surface area contributed by atoms with Crippen molar-refractivity contribution in [2.75, 3.05) is 26.3 Å². The van der Waals surface area contributed by atoms with E-state index in [2.05, 4.69) is 52.0 Å². The zero-order chi connectivity index (χ0) is 23.8. The van der Waals surface area contributed by atoms with Gasteiger partial charge in [-0.2, -0.15) is 0 Å². The SMILES string of the molecule is CCCCOC(=O)N1CCC(OCc2ccnc3c2c(Br)cn3COCC[Si](C)(C)C)CC1. The van der Waals surface area contributed by atoms with E-state index in [4.69, 9.17) is 14.2 Å². The molecule has 1 aliphatic heterocycles. The highest BCUT2D eigenvalue weighted by Crippen LogP contribution is 2.29. The lowest BCUT2D eigenvalue weighted by Crippen LogP contribution is -2.41. The van der Waals surface area contributed by atoms with Crippen molar-refractivity contribution in [2.24, 2.45) is 0 Å². The van der Waals surface area contributed by atoms with Crippen LogP contribution in [0.25, 0.3) is 11.0 Å². The van der Waals surface area contributed by atoms with Gasteiger partial charge in [-0.15, -0.1) is 0 Å². The lowest BCUT2D eigenvalue weighted by Gasteiger charge is -2.31. The maximum atomic E-state index is 12.1. The summed E-state index contributed by atoms with van der Waals surface area (Å²) in [4.78, 5) is 18.5. The first-order chi connectivity index (χ1) is 15.8. The average molecular weight is 541 g/mol. The van der Waals surface area contributed by atoms with Gasteiger partial charge in [-0.05, 0) is 52.9 Å². The van der Waals surface area contributed by atoms with Crippen LogP contribution in [-0.2, 0) is 27.5 Å². The first kappa shape index (κ1) is 26.2. The number of nitrogens with zero attached hydrogens (tertiary/aromatic N) is 3. The van der Waals surface area contributed by atoms with Crippen LogP contribution in [0.4, 0.5) is 4.79 Å². The third kappa shape index (κ3) is 7.80. The minimum Gasteiger partial charge on any atom is -0.449 e. The maximum absolute atomic E-state index is 12.1. The number of unbranched alkanes of at least 4 members (excludes halogenated alkanes) is 1. The summed E-state index contributed by atoms with van der Waals surface area (Å²) in [6.45, 7) is 12.8. The second-order valence-corrected chi connectivity index (χ2v) is 16.4. The number of fused-ring (bicyclic) bond motifs is 1. The quantitative estimate of drug-likeness (QED) is 0.257. The Labute approximate surface area is 206 Å². The van der Waals surface area contributed by atoms with Gasteiger partial charge in [0.25, 0.3) is 0 Å². The molecule has 33 heavy (non-hydrogen) atoms. The molecule has 0 radical (unpaired) electrons. The maximum Gasteiger partial charge on any atom is 0.409 e. The standard InChI is InChI=1S/C24H38BrN3O4Si/c1-5-6-13-31-24(29)27-11-8-20(9-12-27)32-17-19-7-10-26-23-22(19)21(25)16-28(23)18-30-14-15-33(2,3)4/h7,10,16,20H,5-6,8-9,11-15,17-18H2,1-4H3. The Morgan fingerprint density at radius 2 is 2.00 bits per heavy atom. The number of rotatable bonds is 11. The molecule has 2 aromatic heterocycles. The van der Waals surface area contributed by atoms with Crippen LogP contribution in [0, 0.1) is 0 Å². The largest absolute Gasteiger partial charge is 0.449 e. The van der Waals surface area contributed by atoms with Crippen LogP contribution >= 0.6 is 15.9 Å². The number of pyridine rings is 1. The number of carbonyl (C=O) groups excluding carboxylic acids is 1. The summed E-state index contributed by atoms with van der Waals surface area (Å²) in [6, 6.07) is 3.17. The van der Waals surface area contributed by atoms with E-state index in [1.165, 1.54) is 0 Å². The molecule has 0 spiro atoms. The van der Waals surface area contributed by atoms with Crippen LogP contribution in [-0.4, -0.2) is 61.0 Å². The zero-order valence-electron chi connectivity index (χ0n) is 20.4. The van der Waals surface area contributed by atoms with Gasteiger partial charge in [-0.3, -0.25) is 0 Å². The summed E-state index contributed by atoms with van der Waals surface area (Å²) in [6.07, 6.45) is 7.39. The summed E-state index contributed by atoms with van der Waals surface area (Å²) in [5.74, 6) is 0. The Kier molecular flexibility index (Phi) is 9.78. The van der Waals surface area contributed by atoms with E-state index in [1.54, 1.807) is 4.90 Å². The number of piperidine rings is 1. The fourth-order valence-electron chi connectivity index (χ4n) is 3.80. The van der Waals surface area contributed by atoms with Crippen molar-refractivity contribution >= 4 is 41.1 Å². The van der Waals surface area contributed by atoms with Crippen molar-refractivity contribution in [2.45, 2.75) is 77.7 Å². The van der Waals surface area contributed by atoms with Gasteiger partial charge in [0.2, 0.25) is 0 Å². The van der Waals surface area contributed by atoms with Crippen LogP contribution in [0.1, 0.15) is 38.2 Å². The molecule has 1 amide bonds. The predicted octanol–water partition coefficient (Wildman–Crippen LogP) is 6.03. The molecule has 0 aromatic carbocycles. The van der Waals surface area contributed by atoms with E-state index in [9.17, 15) is 4.79 Å². The summed E-state index contributed by atoms with van der Waals surface area (Å²) >= 11 is 3.70. The fraction of sp³-hybridized carbons (Fsp3) is 0.667. The van der Waals surface area contributed by atoms with Crippen LogP contribution in [0.5, 0.6) is 0 Å². The molecule has 1 saturated heterocycles. The Morgan fingerprint density at radius 1 is 1.24 bits per heavy atom. The third-order valence-electron chi connectivity index (χ3n) is 5.92. The molecular weight excluding hydrogens is 502 g/mol. The highest BCUT2D eigenvalue weighted by molar-refractivity contribution is 9.10. The molecule has 0 unspecified atom stereocenters. The molecule has 0 atom stereocenters. The minimum absolute atomic E-state index is 0.138. The van der Waals surface area contributed by atoms with Gasteiger partial charge in [0.15, 0.2) is 0 Å². The summed E-state index contributed by atoms with van der Waals surface area (Å²) in [5.41, 5.74) is 2.01. The smallest absolute Gasteiger partial charge is 0.409 e. The highest BCUT2D eigenvalue weighted by atomic mass is 79.9. The predicted molar refractivity (Wildman–Crippen MR) is 137 cm³/mol. The Hall–Kier alpha value is -1.42. The van der Waals surface area contributed by atoms with Gasteiger partial charge in [-0.1, -0.05) is 33.0 Å². The van der Waals surface area contributed by atoms with Gasteiger partial charge < -0.3 is 23.7 Å². The second-order valence-electron chi connectivity index (χ2n) is 9.93. The number of likely N-dealkylation sites (tertiary alicyclic amines) is 1. The number of aromatic nitrogens is 2. The second kappa shape index (κ2) is 12.3. The highest BCUT2D eigenvalue weighted by Gasteiger charge is 2.24. The Morgan fingerprint density at radius 3 is 2.70 bits per heavy atom. The molecule has 7 nitrogen and oxygen atoms in total. The van der Waals surface area contributed by atoms with Crippen molar-refractivity contribution in [3.05, 3.63) is 28.5 Å². The van der Waals surface area contributed by atoms with Crippen molar-refractivity contribution in [1.29, 1.82) is 0 Å². The Bertz CT molecular complexity index is 907. The third-order valence-corrected chi connectivity index (χ3v) is 8.23. The monoisotopic (exact) mass is 539 g/mol. The summed E-state index contributed by atoms with van der Waals surface area (Å²) in [7, 11) is -1.10. The molecule has 2 aromatic rings. The molecule has 0 bridgehead atoms. The van der Waals surface area contributed by atoms with E-state index >= 15 is 0 Å². The van der Waals surface area contributed by atoms with Crippen LogP contribution < -0.4 is 0 Å². The number of amides is 1. The molecule has 184 valence electrons. The molecule has 3 heterocycles. The molecular formula is C24H38BrN3O4Si. The molecule has 1 aliphatic rings. The lowest BCUT2D eigenvalue weighted by atomic mass is 10.1. The number of hydrogen-bond acceptors (Lipinski definition) is 5. The lowest BCUT2D eigenvalue weighted by molar-refractivity contribution is -0.00291. The first-order valence-corrected chi connectivity index (χ1v) is 16.5. The van der Waals surface area contributed by atoms with Gasteiger partial charge in [-0.25, -0.2) is 9.78 Å². The fourth-order valence-corrected chi connectivity index (χ4v) is 5.23. The molecule has 1 fully saturated rings. The van der Waals surface area contributed by atoms with Crippen molar-refractivity contribution in [3.8, 4) is 0 Å². The van der Waals surface area contributed by atoms with E-state index in [1.807, 2.05) is 18.5 Å². The molecule has 0 N–H and O–H groups in total. The van der Waals surface area contributed by atoms with E-state index < -0.39 is 8.07 Å². The molecule has 3 rings (SSSR count). The number of halogens is 1. The van der Waals surface area contributed by atoms with Crippen LogP contribution in [0.15, 0.2) is 22.9 Å². The molecule has 0 aliphatic carbocycles. The van der Waals surface area contributed by atoms with Crippen molar-refractivity contribution in [3.63, 3.8) is 0 Å². The van der Waals surface area contributed by atoms with Gasteiger partial charge in [0, 0.05) is 50.0 Å². The molecule has 9 heteroatoms. The Balaban J connectivity index is 1.52. The van der Waals surface area contributed by atoms with Gasteiger partial charge in [0.1, 0.15) is 12.4 Å². The van der Waals surface area contributed by atoms with E-state index in [0.29, 0.717) is 33.0 Å². The van der Waals surface area contributed by atoms with Crippen molar-refractivity contribution < 1.29 is 19.0 Å². The van der Waals surface area contributed by atoms with Crippen LogP contribution in [0.3, 0.4) is 0 Å². The van der Waals surface area contributed by atoms with E-state index in [0.717, 1.165) is 59.4 Å². The number of hydrogen-bond donors (Lipinski definition) is 0. The summed E-state index contributed by atoms with van der Waals surface area (Å²) < 4.78 is 20.6. The average Bonchev–Trinajstić information content (AvgIpc) is 3.11. The van der Waals surface area contributed by atoms with Crippen molar-refractivity contribution in [1.82, 2.24) is 14.5 Å². The topological polar surface area (TPSA) is 65.8 Å². The number of carbonyl (C=O) groups is 1. The minimum atomic E-state index is -1.10. The van der Waals surface area contributed by atoms with Gasteiger partial charge >= 0.3 is 6.09 Å².